The van der Waals surface area contributed by atoms with Gasteiger partial charge in [0.15, 0.2) is 0 Å². The van der Waals surface area contributed by atoms with E-state index in [1.165, 1.54) is 82.4 Å². The molecular weight excluding hydrogens is 308 g/mol. The van der Waals surface area contributed by atoms with E-state index in [2.05, 4.69) is 6.92 Å². The molecule has 0 saturated heterocycles. The molecule has 0 aromatic rings. The number of rotatable bonds is 17. The molecule has 3 nitrogen and oxygen atoms in total. The maximum absolute atomic E-state index is 10.7. The van der Waals surface area contributed by atoms with Crippen LogP contribution in [-0.4, -0.2) is 33.3 Å². The molecule has 2 atom stereocenters. The lowest BCUT2D eigenvalue weighted by molar-refractivity contribution is -0.136. The monoisotopic (exact) mass is 346 g/mol. The van der Waals surface area contributed by atoms with E-state index >= 15 is 0 Å². The topological polar surface area (TPSA) is 57.5 Å². The third-order valence-corrected chi connectivity index (χ3v) is 5.56. The molecule has 0 aliphatic rings. The van der Waals surface area contributed by atoms with Crippen molar-refractivity contribution in [3.63, 3.8) is 0 Å². The summed E-state index contributed by atoms with van der Waals surface area (Å²) in [5.41, 5.74) is 0. The Hall–Kier alpha value is -0.220. The summed E-state index contributed by atoms with van der Waals surface area (Å²) in [7, 11) is 0. The first-order chi connectivity index (χ1) is 11.1. The maximum Gasteiger partial charge on any atom is 0.316 e. The molecule has 0 spiro atoms. The third-order valence-electron chi connectivity index (χ3n) is 4.28. The molecule has 0 radical (unpaired) electrons. The molecule has 2 unspecified atom stereocenters. The van der Waals surface area contributed by atoms with E-state index in [4.69, 9.17) is 5.11 Å². The largest absolute Gasteiger partial charge is 0.480 e. The summed E-state index contributed by atoms with van der Waals surface area (Å²) in [5.74, 6) is -0.265. The van der Waals surface area contributed by atoms with Gasteiger partial charge in [-0.05, 0) is 13.3 Å². The molecule has 0 aliphatic carbocycles. The highest BCUT2D eigenvalue weighted by molar-refractivity contribution is 8.00. The Bertz CT molecular complexity index is 271. The minimum absolute atomic E-state index is 0.357. The van der Waals surface area contributed by atoms with Gasteiger partial charge in [0.2, 0.25) is 0 Å². The zero-order valence-corrected chi connectivity index (χ0v) is 16.1. The van der Waals surface area contributed by atoms with Gasteiger partial charge in [0.25, 0.3) is 0 Å². The van der Waals surface area contributed by atoms with Crippen molar-refractivity contribution in [3.8, 4) is 0 Å². The molecule has 0 aromatic carbocycles. The number of unbranched alkanes of at least 4 members (excludes halogenated alkanes) is 11. The molecule has 0 heterocycles. The van der Waals surface area contributed by atoms with Gasteiger partial charge in [-0.25, -0.2) is 0 Å². The van der Waals surface area contributed by atoms with E-state index in [-0.39, 0.29) is 6.10 Å². The minimum Gasteiger partial charge on any atom is -0.480 e. The maximum atomic E-state index is 10.7. The van der Waals surface area contributed by atoms with Crippen LogP contribution in [-0.2, 0) is 4.79 Å². The number of carbonyl (C=O) groups is 1. The number of carboxylic acid groups (broad SMARTS) is 1. The van der Waals surface area contributed by atoms with Gasteiger partial charge >= 0.3 is 5.97 Å². The standard InChI is InChI=1S/C19H38O3S/c1-3-4-5-6-7-8-9-10-11-12-13-14-15-18(20)16-23-17(2)19(21)22/h17-18,20H,3-16H2,1-2H3,(H,21,22). The number of hydrogen-bond acceptors (Lipinski definition) is 3. The third kappa shape index (κ3) is 16.4. The van der Waals surface area contributed by atoms with Gasteiger partial charge in [0.1, 0.15) is 0 Å². The van der Waals surface area contributed by atoms with E-state index in [1.54, 1.807) is 6.92 Å². The highest BCUT2D eigenvalue weighted by atomic mass is 32.2. The molecule has 2 N–H and O–H groups in total. The lowest BCUT2D eigenvalue weighted by Gasteiger charge is -2.12. The van der Waals surface area contributed by atoms with Crippen LogP contribution in [0.2, 0.25) is 0 Å². The van der Waals surface area contributed by atoms with Crippen LogP contribution in [0.15, 0.2) is 0 Å². The van der Waals surface area contributed by atoms with E-state index in [0.717, 1.165) is 12.8 Å². The molecule has 0 saturated carbocycles. The summed E-state index contributed by atoms with van der Waals surface area (Å²) in [6, 6.07) is 0. The zero-order valence-electron chi connectivity index (χ0n) is 15.3. The van der Waals surface area contributed by atoms with Gasteiger partial charge in [-0.1, -0.05) is 84.0 Å². The van der Waals surface area contributed by atoms with E-state index in [1.807, 2.05) is 0 Å². The second-order valence-electron chi connectivity index (χ2n) is 6.65. The first kappa shape index (κ1) is 22.8. The molecule has 23 heavy (non-hydrogen) atoms. The number of thioether (sulfide) groups is 1. The Morgan fingerprint density at radius 3 is 1.74 bits per heavy atom. The highest BCUT2D eigenvalue weighted by Gasteiger charge is 2.13. The fraction of sp³-hybridized carbons (Fsp3) is 0.947. The van der Waals surface area contributed by atoms with Crippen molar-refractivity contribution in [1.29, 1.82) is 0 Å². The van der Waals surface area contributed by atoms with Crippen molar-refractivity contribution in [2.45, 2.75) is 109 Å². The van der Waals surface area contributed by atoms with Crippen LogP contribution in [0.5, 0.6) is 0 Å². The number of carboxylic acids is 1. The average molecular weight is 347 g/mol. The van der Waals surface area contributed by atoms with Gasteiger partial charge in [-0.2, -0.15) is 0 Å². The molecule has 0 amide bonds. The summed E-state index contributed by atoms with van der Waals surface area (Å²) < 4.78 is 0. The molecule has 138 valence electrons. The molecule has 4 heteroatoms. The Kier molecular flexibility index (Phi) is 16.5. The number of aliphatic hydroxyl groups is 1. The van der Waals surface area contributed by atoms with Crippen LogP contribution < -0.4 is 0 Å². The SMILES string of the molecule is CCCCCCCCCCCCCCC(O)CSC(C)C(=O)O. The van der Waals surface area contributed by atoms with Crippen molar-refractivity contribution < 1.29 is 15.0 Å². The van der Waals surface area contributed by atoms with Crippen LogP contribution >= 0.6 is 11.8 Å². The molecule has 0 bridgehead atoms. The minimum atomic E-state index is -0.799. The Labute approximate surface area is 147 Å². The quantitative estimate of drug-likeness (QED) is 0.334. The van der Waals surface area contributed by atoms with Gasteiger partial charge in [-0.15, -0.1) is 11.8 Å². The Morgan fingerprint density at radius 2 is 1.30 bits per heavy atom. The van der Waals surface area contributed by atoms with Crippen LogP contribution in [0, 0.1) is 0 Å². The summed E-state index contributed by atoms with van der Waals surface area (Å²) in [6.45, 7) is 3.93. The second-order valence-corrected chi connectivity index (χ2v) is 8.02. The molecule has 0 rings (SSSR count). The van der Waals surface area contributed by atoms with Crippen molar-refractivity contribution >= 4 is 17.7 Å². The van der Waals surface area contributed by atoms with Gasteiger partial charge in [0, 0.05) is 5.75 Å². The average Bonchev–Trinajstić information content (AvgIpc) is 2.53. The van der Waals surface area contributed by atoms with Crippen LogP contribution in [0.4, 0.5) is 0 Å². The second kappa shape index (κ2) is 16.6. The van der Waals surface area contributed by atoms with Crippen molar-refractivity contribution in [1.82, 2.24) is 0 Å². The first-order valence-electron chi connectivity index (χ1n) is 9.60. The Balaban J connectivity index is 3.22. The van der Waals surface area contributed by atoms with E-state index < -0.39 is 11.2 Å². The van der Waals surface area contributed by atoms with Crippen LogP contribution in [0.3, 0.4) is 0 Å². The summed E-state index contributed by atoms with van der Waals surface area (Å²) in [5, 5.41) is 18.2. The van der Waals surface area contributed by atoms with Crippen molar-refractivity contribution in [3.05, 3.63) is 0 Å². The van der Waals surface area contributed by atoms with Gasteiger partial charge in [-0.3, -0.25) is 4.79 Å². The van der Waals surface area contributed by atoms with Crippen molar-refractivity contribution in [2.24, 2.45) is 0 Å². The normalized spacial score (nSPS) is 13.9. The van der Waals surface area contributed by atoms with E-state index in [9.17, 15) is 9.90 Å². The fourth-order valence-corrected chi connectivity index (χ4v) is 3.45. The lowest BCUT2D eigenvalue weighted by Crippen LogP contribution is -2.17. The fourth-order valence-electron chi connectivity index (χ4n) is 2.63. The number of hydrogen-bond donors (Lipinski definition) is 2. The molecular formula is C19H38O3S. The molecule has 0 aromatic heterocycles. The van der Waals surface area contributed by atoms with E-state index in [0.29, 0.717) is 5.75 Å². The summed E-state index contributed by atoms with van der Waals surface area (Å²) >= 11 is 1.33. The smallest absolute Gasteiger partial charge is 0.316 e. The molecule has 0 fully saturated rings. The Morgan fingerprint density at radius 1 is 0.870 bits per heavy atom. The first-order valence-corrected chi connectivity index (χ1v) is 10.6. The number of aliphatic hydroxyl groups excluding tert-OH is 1. The zero-order chi connectivity index (χ0) is 17.3. The van der Waals surface area contributed by atoms with Gasteiger partial charge in [0.05, 0.1) is 11.4 Å². The lowest BCUT2D eigenvalue weighted by atomic mass is 10.0. The van der Waals surface area contributed by atoms with Crippen molar-refractivity contribution in [2.75, 3.05) is 5.75 Å². The highest BCUT2D eigenvalue weighted by Crippen LogP contribution is 2.16. The van der Waals surface area contributed by atoms with Crippen LogP contribution in [0.1, 0.15) is 97.3 Å². The summed E-state index contributed by atoms with van der Waals surface area (Å²) in [6.07, 6.45) is 16.3. The predicted octanol–water partition coefficient (Wildman–Crippen LogP) is 5.64. The van der Waals surface area contributed by atoms with Gasteiger partial charge < -0.3 is 10.2 Å². The predicted molar refractivity (Wildman–Crippen MR) is 101 cm³/mol. The van der Waals surface area contributed by atoms with Crippen LogP contribution in [0.25, 0.3) is 0 Å². The number of aliphatic carboxylic acids is 1. The summed E-state index contributed by atoms with van der Waals surface area (Å²) in [4.78, 5) is 10.7. The molecule has 0 aliphatic heterocycles.